The zero-order valence-corrected chi connectivity index (χ0v) is 12.9. The number of likely N-dealkylation sites (tertiary alicyclic amines) is 1. The molecule has 0 unspecified atom stereocenters. The Kier molecular flexibility index (Phi) is 5.60. The molecule has 4 nitrogen and oxygen atoms in total. The molecule has 0 amide bonds. The number of pyridine rings is 1. The summed E-state index contributed by atoms with van der Waals surface area (Å²) in [5.41, 5.74) is 2.17. The second-order valence-electron chi connectivity index (χ2n) is 6.23. The summed E-state index contributed by atoms with van der Waals surface area (Å²) in [4.78, 5) is 7.16. The molecule has 2 fully saturated rings. The molecule has 2 aliphatic rings. The summed E-state index contributed by atoms with van der Waals surface area (Å²) < 4.78 is 5.79. The lowest BCUT2D eigenvalue weighted by atomic mass is 10.1. The average Bonchev–Trinajstić information content (AvgIpc) is 3.35. The van der Waals surface area contributed by atoms with Crippen LogP contribution in [-0.2, 0) is 17.9 Å². The zero-order chi connectivity index (χ0) is 14.3. The fourth-order valence-electron chi connectivity index (χ4n) is 2.80. The van der Waals surface area contributed by atoms with Crippen molar-refractivity contribution in [2.75, 3.05) is 26.2 Å². The van der Waals surface area contributed by atoms with Gasteiger partial charge < -0.3 is 15.0 Å². The van der Waals surface area contributed by atoms with E-state index < -0.39 is 0 Å². The van der Waals surface area contributed by atoms with Crippen molar-refractivity contribution in [2.45, 2.75) is 51.3 Å². The van der Waals surface area contributed by atoms with Gasteiger partial charge in [-0.25, -0.2) is 0 Å². The average molecular weight is 289 g/mol. The lowest BCUT2D eigenvalue weighted by Crippen LogP contribution is -2.32. The van der Waals surface area contributed by atoms with Crippen LogP contribution in [0.4, 0.5) is 0 Å². The van der Waals surface area contributed by atoms with E-state index in [0.29, 0.717) is 6.61 Å². The molecule has 1 saturated carbocycles. The molecule has 1 aromatic rings. The molecular formula is C17H27N3O. The molecule has 21 heavy (non-hydrogen) atoms. The monoisotopic (exact) mass is 289 g/mol. The lowest BCUT2D eigenvalue weighted by molar-refractivity contribution is 0.0844. The van der Waals surface area contributed by atoms with Gasteiger partial charge in [0.05, 0.1) is 24.6 Å². The smallest absolute Gasteiger partial charge is 0.0888 e. The number of nitrogens with one attached hydrogen (secondary N) is 1. The van der Waals surface area contributed by atoms with Crippen LogP contribution in [0.3, 0.4) is 0 Å². The summed E-state index contributed by atoms with van der Waals surface area (Å²) in [6, 6.07) is 6.96. The summed E-state index contributed by atoms with van der Waals surface area (Å²) in [7, 11) is 0. The highest BCUT2D eigenvalue weighted by Crippen LogP contribution is 2.19. The number of hydrogen-bond donors (Lipinski definition) is 1. The van der Waals surface area contributed by atoms with Gasteiger partial charge >= 0.3 is 0 Å². The van der Waals surface area contributed by atoms with Crippen LogP contribution < -0.4 is 5.32 Å². The quantitative estimate of drug-likeness (QED) is 0.745. The van der Waals surface area contributed by atoms with E-state index in [1.165, 1.54) is 45.2 Å². The van der Waals surface area contributed by atoms with Crippen molar-refractivity contribution < 1.29 is 4.74 Å². The van der Waals surface area contributed by atoms with E-state index in [0.717, 1.165) is 37.1 Å². The minimum Gasteiger partial charge on any atom is -0.374 e. The third-order valence-corrected chi connectivity index (χ3v) is 4.26. The van der Waals surface area contributed by atoms with Gasteiger partial charge in [-0.1, -0.05) is 12.5 Å². The molecule has 2 heterocycles. The normalized spacial score (nSPS) is 19.8. The van der Waals surface area contributed by atoms with Crippen LogP contribution >= 0.6 is 0 Å². The summed E-state index contributed by atoms with van der Waals surface area (Å²) in [6.07, 6.45) is 6.72. The molecule has 1 N–H and O–H groups in total. The van der Waals surface area contributed by atoms with Gasteiger partial charge in [-0.05, 0) is 50.9 Å². The van der Waals surface area contributed by atoms with Crippen molar-refractivity contribution in [3.05, 3.63) is 29.6 Å². The molecule has 0 spiro atoms. The lowest BCUT2D eigenvalue weighted by Gasteiger charge is -2.26. The first-order valence-corrected chi connectivity index (χ1v) is 8.38. The Morgan fingerprint density at radius 2 is 1.95 bits per heavy atom. The second kappa shape index (κ2) is 7.87. The zero-order valence-electron chi connectivity index (χ0n) is 12.9. The van der Waals surface area contributed by atoms with Gasteiger partial charge in [0.15, 0.2) is 0 Å². The fraction of sp³-hybridized carbons (Fsp3) is 0.706. The fourth-order valence-corrected chi connectivity index (χ4v) is 2.80. The molecule has 0 radical (unpaired) electrons. The Morgan fingerprint density at radius 3 is 2.76 bits per heavy atom. The van der Waals surface area contributed by atoms with Crippen molar-refractivity contribution >= 4 is 0 Å². The first kappa shape index (κ1) is 14.9. The van der Waals surface area contributed by atoms with Gasteiger partial charge in [-0.3, -0.25) is 4.98 Å². The Balaban J connectivity index is 1.34. The minimum absolute atomic E-state index is 0.630. The maximum absolute atomic E-state index is 5.79. The van der Waals surface area contributed by atoms with Gasteiger partial charge in [0.2, 0.25) is 0 Å². The van der Waals surface area contributed by atoms with E-state index in [1.807, 2.05) is 0 Å². The van der Waals surface area contributed by atoms with Gasteiger partial charge in [-0.15, -0.1) is 0 Å². The molecule has 4 heteroatoms. The summed E-state index contributed by atoms with van der Waals surface area (Å²) in [5.74, 6) is 0. The van der Waals surface area contributed by atoms with Crippen molar-refractivity contribution in [1.29, 1.82) is 0 Å². The molecule has 0 bridgehead atoms. The molecule has 0 atom stereocenters. The van der Waals surface area contributed by atoms with Crippen LogP contribution in [0.25, 0.3) is 0 Å². The van der Waals surface area contributed by atoms with Gasteiger partial charge in [0.25, 0.3) is 0 Å². The number of rotatable bonds is 8. The Labute approximate surface area is 127 Å². The molecule has 1 saturated heterocycles. The summed E-state index contributed by atoms with van der Waals surface area (Å²) in [5, 5.41) is 3.50. The van der Waals surface area contributed by atoms with Crippen LogP contribution in [-0.4, -0.2) is 42.2 Å². The van der Waals surface area contributed by atoms with Crippen molar-refractivity contribution in [3.63, 3.8) is 0 Å². The Hall–Kier alpha value is -0.970. The van der Waals surface area contributed by atoms with Gasteiger partial charge in [0.1, 0.15) is 0 Å². The molecule has 1 aliphatic carbocycles. The number of aromatic nitrogens is 1. The van der Waals surface area contributed by atoms with E-state index in [-0.39, 0.29) is 0 Å². The van der Waals surface area contributed by atoms with E-state index in [2.05, 4.69) is 33.4 Å². The largest absolute Gasteiger partial charge is 0.374 e. The van der Waals surface area contributed by atoms with Crippen LogP contribution in [0.1, 0.15) is 43.5 Å². The first-order chi connectivity index (χ1) is 10.4. The standard InChI is InChI=1S/C17H27N3O/c1-2-9-20(10-3-1)11-12-21-14-17-6-4-5-16(19-17)13-18-15-7-8-15/h4-6,15,18H,1-3,7-14H2. The van der Waals surface area contributed by atoms with E-state index in [1.54, 1.807) is 0 Å². The second-order valence-corrected chi connectivity index (χ2v) is 6.23. The van der Waals surface area contributed by atoms with Crippen LogP contribution in [0.5, 0.6) is 0 Å². The molecular weight excluding hydrogens is 262 g/mol. The highest BCUT2D eigenvalue weighted by molar-refractivity contribution is 5.10. The third-order valence-electron chi connectivity index (χ3n) is 4.26. The highest BCUT2D eigenvalue weighted by Gasteiger charge is 2.20. The maximum Gasteiger partial charge on any atom is 0.0888 e. The van der Waals surface area contributed by atoms with E-state index >= 15 is 0 Å². The minimum atomic E-state index is 0.630. The number of nitrogens with zero attached hydrogens (tertiary/aromatic N) is 2. The van der Waals surface area contributed by atoms with Crippen molar-refractivity contribution in [1.82, 2.24) is 15.2 Å². The SMILES string of the molecule is c1cc(CNC2CC2)nc(COCCN2CCCCC2)c1. The Bertz CT molecular complexity index is 428. The predicted octanol–water partition coefficient (Wildman–Crippen LogP) is 2.34. The van der Waals surface area contributed by atoms with E-state index in [9.17, 15) is 0 Å². The molecule has 1 aromatic heterocycles. The maximum atomic E-state index is 5.79. The molecule has 0 aromatic carbocycles. The van der Waals surface area contributed by atoms with Gasteiger partial charge in [0, 0.05) is 19.1 Å². The third kappa shape index (κ3) is 5.38. The van der Waals surface area contributed by atoms with Crippen LogP contribution in [0.2, 0.25) is 0 Å². The Morgan fingerprint density at radius 1 is 1.14 bits per heavy atom. The van der Waals surface area contributed by atoms with Gasteiger partial charge in [-0.2, -0.15) is 0 Å². The summed E-state index contributed by atoms with van der Waals surface area (Å²) >= 11 is 0. The number of ether oxygens (including phenoxy) is 1. The van der Waals surface area contributed by atoms with Crippen LogP contribution in [0, 0.1) is 0 Å². The molecule has 1 aliphatic heterocycles. The summed E-state index contributed by atoms with van der Waals surface area (Å²) in [6.45, 7) is 5.86. The van der Waals surface area contributed by atoms with Crippen LogP contribution in [0.15, 0.2) is 18.2 Å². The number of hydrogen-bond acceptors (Lipinski definition) is 4. The first-order valence-electron chi connectivity index (χ1n) is 8.38. The van der Waals surface area contributed by atoms with Crippen molar-refractivity contribution in [3.8, 4) is 0 Å². The molecule has 3 rings (SSSR count). The topological polar surface area (TPSA) is 37.4 Å². The highest BCUT2D eigenvalue weighted by atomic mass is 16.5. The number of piperidine rings is 1. The van der Waals surface area contributed by atoms with E-state index in [4.69, 9.17) is 4.74 Å². The van der Waals surface area contributed by atoms with Crippen molar-refractivity contribution in [2.24, 2.45) is 0 Å². The molecule has 116 valence electrons. The predicted molar refractivity (Wildman–Crippen MR) is 84.0 cm³/mol.